The summed E-state index contributed by atoms with van der Waals surface area (Å²) in [6.07, 6.45) is 4.77. The third-order valence-corrected chi connectivity index (χ3v) is 1.78. The smallest absolute Gasteiger partial charge is 0.152 e. The van der Waals surface area contributed by atoms with Crippen molar-refractivity contribution in [1.82, 2.24) is 19.7 Å². The molecular weight excluding hydrogens is 166 g/mol. The van der Waals surface area contributed by atoms with Crippen LogP contribution < -0.4 is 5.73 Å². The Morgan fingerprint density at radius 3 is 2.92 bits per heavy atom. The molecule has 0 aliphatic carbocycles. The maximum atomic E-state index is 5.67. The second-order valence-electron chi connectivity index (χ2n) is 2.68. The molecule has 2 rings (SSSR count). The molecule has 0 aliphatic heterocycles. The van der Waals surface area contributed by atoms with Gasteiger partial charge in [0.1, 0.15) is 12.0 Å². The van der Waals surface area contributed by atoms with Gasteiger partial charge in [0.15, 0.2) is 5.82 Å². The first-order valence-corrected chi connectivity index (χ1v) is 3.85. The van der Waals surface area contributed by atoms with Gasteiger partial charge in [-0.1, -0.05) is 0 Å². The lowest BCUT2D eigenvalue weighted by Gasteiger charge is -2.04. The van der Waals surface area contributed by atoms with Crippen LogP contribution in [0, 0.1) is 6.92 Å². The minimum absolute atomic E-state index is 0.432. The summed E-state index contributed by atoms with van der Waals surface area (Å²) in [4.78, 5) is 7.77. The van der Waals surface area contributed by atoms with Crippen LogP contribution in [0.2, 0.25) is 0 Å². The molecule has 0 unspecified atom stereocenters. The average molecular weight is 175 g/mol. The average Bonchev–Trinajstić information content (AvgIpc) is 2.52. The highest BCUT2D eigenvalue weighted by atomic mass is 15.3. The molecule has 0 saturated heterocycles. The van der Waals surface area contributed by atoms with Gasteiger partial charge >= 0.3 is 0 Å². The van der Waals surface area contributed by atoms with E-state index in [0.717, 1.165) is 5.69 Å². The Morgan fingerprint density at radius 2 is 2.31 bits per heavy atom. The Bertz CT molecular complexity index is 420. The minimum atomic E-state index is 0.432. The summed E-state index contributed by atoms with van der Waals surface area (Å²) in [5.74, 6) is 0.432. The molecule has 5 nitrogen and oxygen atoms in total. The van der Waals surface area contributed by atoms with Gasteiger partial charge in [-0.25, -0.2) is 14.6 Å². The summed E-state index contributed by atoms with van der Waals surface area (Å²) in [6, 6.07) is 1.90. The molecule has 0 radical (unpaired) electrons. The van der Waals surface area contributed by atoms with E-state index < -0.39 is 0 Å². The van der Waals surface area contributed by atoms with Crippen molar-refractivity contribution in [3.8, 4) is 5.69 Å². The van der Waals surface area contributed by atoms with Gasteiger partial charge in [0.05, 0.1) is 6.20 Å². The fourth-order valence-corrected chi connectivity index (χ4v) is 1.12. The zero-order valence-electron chi connectivity index (χ0n) is 7.18. The molecule has 2 aromatic rings. The van der Waals surface area contributed by atoms with Crippen molar-refractivity contribution in [1.29, 1.82) is 0 Å². The Balaban J connectivity index is 2.59. The standard InChI is InChI=1S/C8H9N5/c1-6-2-3-12-13(6)7-4-10-5-11-8(7)9/h2-5H,1H3,(H2,9,10,11). The third-order valence-electron chi connectivity index (χ3n) is 1.78. The Morgan fingerprint density at radius 1 is 1.46 bits per heavy atom. The monoisotopic (exact) mass is 175 g/mol. The van der Waals surface area contributed by atoms with Crippen molar-refractivity contribution in [2.45, 2.75) is 6.92 Å². The van der Waals surface area contributed by atoms with Crippen molar-refractivity contribution in [3.05, 3.63) is 30.5 Å². The molecular formula is C8H9N5. The molecule has 0 bridgehead atoms. The molecule has 0 fully saturated rings. The fraction of sp³-hybridized carbons (Fsp3) is 0.125. The van der Waals surface area contributed by atoms with Crippen LogP contribution in [0.3, 0.4) is 0 Å². The van der Waals surface area contributed by atoms with Crippen LogP contribution in [0.25, 0.3) is 5.69 Å². The number of nitrogens with zero attached hydrogens (tertiary/aromatic N) is 4. The molecule has 0 saturated carbocycles. The SMILES string of the molecule is Cc1ccnn1-c1cncnc1N. The van der Waals surface area contributed by atoms with Crippen molar-refractivity contribution in [3.63, 3.8) is 0 Å². The van der Waals surface area contributed by atoms with Crippen LogP contribution in [-0.4, -0.2) is 19.7 Å². The van der Waals surface area contributed by atoms with Crippen molar-refractivity contribution in [2.75, 3.05) is 5.73 Å². The van der Waals surface area contributed by atoms with E-state index in [-0.39, 0.29) is 0 Å². The molecule has 5 heteroatoms. The van der Waals surface area contributed by atoms with E-state index in [1.54, 1.807) is 17.1 Å². The number of nitrogens with two attached hydrogens (primary N) is 1. The van der Waals surface area contributed by atoms with Crippen molar-refractivity contribution in [2.24, 2.45) is 0 Å². The van der Waals surface area contributed by atoms with E-state index in [9.17, 15) is 0 Å². The zero-order chi connectivity index (χ0) is 9.26. The Kier molecular flexibility index (Phi) is 1.70. The van der Waals surface area contributed by atoms with Gasteiger partial charge in [-0.15, -0.1) is 0 Å². The van der Waals surface area contributed by atoms with E-state index in [4.69, 9.17) is 5.73 Å². The van der Waals surface area contributed by atoms with E-state index in [1.165, 1.54) is 6.33 Å². The summed E-state index contributed by atoms with van der Waals surface area (Å²) < 4.78 is 1.70. The number of nitrogen functional groups attached to an aromatic ring is 1. The quantitative estimate of drug-likeness (QED) is 0.687. The molecule has 0 amide bonds. The number of rotatable bonds is 1. The number of aromatic nitrogens is 4. The Hall–Kier alpha value is -1.91. The van der Waals surface area contributed by atoms with E-state index >= 15 is 0 Å². The van der Waals surface area contributed by atoms with Gasteiger partial charge in [-0.2, -0.15) is 5.10 Å². The van der Waals surface area contributed by atoms with E-state index in [1.807, 2.05) is 13.0 Å². The molecule has 0 aromatic carbocycles. The first-order chi connectivity index (χ1) is 6.29. The van der Waals surface area contributed by atoms with Gasteiger partial charge in [-0.05, 0) is 13.0 Å². The number of aryl methyl sites for hydroxylation is 1. The minimum Gasteiger partial charge on any atom is -0.382 e. The third kappa shape index (κ3) is 1.24. The lowest BCUT2D eigenvalue weighted by Crippen LogP contribution is -2.05. The van der Waals surface area contributed by atoms with Crippen molar-refractivity contribution >= 4 is 5.82 Å². The maximum Gasteiger partial charge on any atom is 0.152 e. The lowest BCUT2D eigenvalue weighted by molar-refractivity contribution is 0.837. The van der Waals surface area contributed by atoms with Crippen LogP contribution in [0.15, 0.2) is 24.8 Å². The topological polar surface area (TPSA) is 69.6 Å². The summed E-state index contributed by atoms with van der Waals surface area (Å²) in [5, 5.41) is 4.10. The van der Waals surface area contributed by atoms with Gasteiger partial charge in [0, 0.05) is 11.9 Å². The highest BCUT2D eigenvalue weighted by molar-refractivity contribution is 5.49. The van der Waals surface area contributed by atoms with Gasteiger partial charge < -0.3 is 5.73 Å². The Labute approximate surface area is 75.2 Å². The summed E-state index contributed by atoms with van der Waals surface area (Å²) in [7, 11) is 0. The molecule has 66 valence electrons. The predicted octanol–water partition coefficient (Wildman–Crippen LogP) is 0.553. The van der Waals surface area contributed by atoms with E-state index in [0.29, 0.717) is 11.5 Å². The lowest BCUT2D eigenvalue weighted by atomic mass is 10.4. The van der Waals surface area contributed by atoms with Crippen LogP contribution in [-0.2, 0) is 0 Å². The molecule has 2 heterocycles. The van der Waals surface area contributed by atoms with Gasteiger partial charge in [0.2, 0.25) is 0 Å². The van der Waals surface area contributed by atoms with Crippen LogP contribution >= 0.6 is 0 Å². The maximum absolute atomic E-state index is 5.67. The molecule has 0 atom stereocenters. The highest BCUT2D eigenvalue weighted by Gasteiger charge is 2.04. The summed E-state index contributed by atoms with van der Waals surface area (Å²) in [5.41, 5.74) is 7.38. The zero-order valence-corrected chi connectivity index (χ0v) is 7.18. The van der Waals surface area contributed by atoms with Crippen LogP contribution in [0.1, 0.15) is 5.69 Å². The summed E-state index contributed by atoms with van der Waals surface area (Å²) >= 11 is 0. The normalized spacial score (nSPS) is 10.2. The first-order valence-electron chi connectivity index (χ1n) is 3.85. The summed E-state index contributed by atoms with van der Waals surface area (Å²) in [6.45, 7) is 1.94. The molecule has 2 aromatic heterocycles. The van der Waals surface area contributed by atoms with Crippen molar-refractivity contribution < 1.29 is 0 Å². The second-order valence-corrected chi connectivity index (χ2v) is 2.68. The largest absolute Gasteiger partial charge is 0.382 e. The fourth-order valence-electron chi connectivity index (χ4n) is 1.12. The van der Waals surface area contributed by atoms with E-state index in [2.05, 4.69) is 15.1 Å². The van der Waals surface area contributed by atoms with Crippen LogP contribution in [0.5, 0.6) is 0 Å². The highest BCUT2D eigenvalue weighted by Crippen LogP contribution is 2.12. The van der Waals surface area contributed by atoms with Gasteiger partial charge in [0.25, 0.3) is 0 Å². The second kappa shape index (κ2) is 2.85. The van der Waals surface area contributed by atoms with Crippen LogP contribution in [0.4, 0.5) is 5.82 Å². The molecule has 0 aliphatic rings. The predicted molar refractivity (Wildman–Crippen MR) is 48.3 cm³/mol. The van der Waals surface area contributed by atoms with Gasteiger partial charge in [-0.3, -0.25) is 0 Å². The first kappa shape index (κ1) is 7.72. The number of hydrogen-bond donors (Lipinski definition) is 1. The molecule has 2 N–H and O–H groups in total. The molecule has 0 spiro atoms. The molecule has 13 heavy (non-hydrogen) atoms. The number of hydrogen-bond acceptors (Lipinski definition) is 4. The number of anilines is 1.